The summed E-state index contributed by atoms with van der Waals surface area (Å²) in [6.45, 7) is -0.142. The number of rotatable bonds is 4. The molecule has 1 aromatic carbocycles. The summed E-state index contributed by atoms with van der Waals surface area (Å²) < 4.78 is 0. The molecule has 0 bridgehead atoms. The van der Waals surface area contributed by atoms with E-state index < -0.39 is 0 Å². The molecule has 17 heavy (non-hydrogen) atoms. The Morgan fingerprint density at radius 3 is 2.65 bits per heavy atom. The van der Waals surface area contributed by atoms with Gasteiger partial charge in [-0.25, -0.2) is 9.97 Å². The monoisotopic (exact) mass is 266 g/mol. The van der Waals surface area contributed by atoms with E-state index in [-0.39, 0.29) is 6.61 Å². The van der Waals surface area contributed by atoms with Gasteiger partial charge in [-0.05, 0) is 5.56 Å². The van der Waals surface area contributed by atoms with Crippen LogP contribution in [0.15, 0.2) is 41.7 Å². The number of hydrogen-bond donors (Lipinski definition) is 1. The Kier molecular flexibility index (Phi) is 4.36. The van der Waals surface area contributed by atoms with Gasteiger partial charge in [-0.1, -0.05) is 41.9 Å². The molecular formula is C12H11ClN2OS. The largest absolute Gasteiger partial charge is 0.391 e. The SMILES string of the molecule is OCc1c(Cl)ncnc1SCc1ccccc1. The number of aromatic nitrogens is 2. The zero-order valence-corrected chi connectivity index (χ0v) is 10.6. The Morgan fingerprint density at radius 1 is 1.18 bits per heavy atom. The Labute approximate surface area is 109 Å². The number of benzene rings is 1. The van der Waals surface area contributed by atoms with E-state index in [1.165, 1.54) is 11.9 Å². The van der Waals surface area contributed by atoms with Crippen molar-refractivity contribution in [2.24, 2.45) is 0 Å². The van der Waals surface area contributed by atoms with Gasteiger partial charge in [0.15, 0.2) is 0 Å². The molecule has 5 heteroatoms. The molecule has 0 spiro atoms. The number of hydrogen-bond acceptors (Lipinski definition) is 4. The molecule has 0 saturated heterocycles. The molecule has 0 aliphatic carbocycles. The van der Waals surface area contributed by atoms with E-state index in [2.05, 4.69) is 22.1 Å². The zero-order chi connectivity index (χ0) is 12.1. The maximum Gasteiger partial charge on any atom is 0.139 e. The van der Waals surface area contributed by atoms with Crippen molar-refractivity contribution in [3.63, 3.8) is 0 Å². The van der Waals surface area contributed by atoms with Gasteiger partial charge in [0, 0.05) is 11.3 Å². The summed E-state index contributed by atoms with van der Waals surface area (Å²) in [6.07, 6.45) is 1.41. The standard InChI is InChI=1S/C12H11ClN2OS/c13-11-10(6-16)12(15-8-14-11)17-7-9-4-2-1-3-5-9/h1-5,8,16H,6-7H2. The predicted molar refractivity (Wildman–Crippen MR) is 69.0 cm³/mol. The molecular weight excluding hydrogens is 256 g/mol. The Morgan fingerprint density at radius 2 is 1.94 bits per heavy atom. The second-order valence-corrected chi connectivity index (χ2v) is 4.70. The van der Waals surface area contributed by atoms with Crippen molar-refractivity contribution in [3.8, 4) is 0 Å². The van der Waals surface area contributed by atoms with E-state index in [1.54, 1.807) is 11.8 Å². The third-order valence-electron chi connectivity index (χ3n) is 2.23. The average Bonchev–Trinajstić information content (AvgIpc) is 2.37. The highest BCUT2D eigenvalue weighted by molar-refractivity contribution is 7.98. The molecule has 3 nitrogen and oxygen atoms in total. The average molecular weight is 267 g/mol. The number of thioether (sulfide) groups is 1. The lowest BCUT2D eigenvalue weighted by Crippen LogP contribution is -1.95. The van der Waals surface area contributed by atoms with Crippen LogP contribution in [0.5, 0.6) is 0 Å². The van der Waals surface area contributed by atoms with Crippen LogP contribution in [0.2, 0.25) is 5.15 Å². The summed E-state index contributed by atoms with van der Waals surface area (Å²) in [7, 11) is 0. The van der Waals surface area contributed by atoms with Crippen molar-refractivity contribution < 1.29 is 5.11 Å². The fourth-order valence-corrected chi connectivity index (χ4v) is 2.56. The third kappa shape index (κ3) is 3.19. The Balaban J connectivity index is 2.12. The fourth-order valence-electron chi connectivity index (χ4n) is 1.36. The van der Waals surface area contributed by atoms with Crippen LogP contribution < -0.4 is 0 Å². The molecule has 2 aromatic rings. The molecule has 0 atom stereocenters. The lowest BCUT2D eigenvalue weighted by Gasteiger charge is -2.06. The summed E-state index contributed by atoms with van der Waals surface area (Å²) in [5.41, 5.74) is 1.80. The van der Waals surface area contributed by atoms with Gasteiger partial charge in [0.05, 0.1) is 6.61 Å². The van der Waals surface area contributed by atoms with Crippen molar-refractivity contribution in [2.75, 3.05) is 0 Å². The molecule has 0 aliphatic heterocycles. The van der Waals surface area contributed by atoms with E-state index >= 15 is 0 Å². The molecule has 0 amide bonds. The highest BCUT2D eigenvalue weighted by Crippen LogP contribution is 2.27. The number of aliphatic hydroxyl groups excluding tert-OH is 1. The maximum atomic E-state index is 9.22. The van der Waals surface area contributed by atoms with E-state index in [9.17, 15) is 5.11 Å². The van der Waals surface area contributed by atoms with Gasteiger partial charge >= 0.3 is 0 Å². The minimum atomic E-state index is -0.142. The van der Waals surface area contributed by atoms with Gasteiger partial charge in [-0.15, -0.1) is 11.8 Å². The number of aliphatic hydroxyl groups is 1. The van der Waals surface area contributed by atoms with E-state index in [1.807, 2.05) is 18.2 Å². The quantitative estimate of drug-likeness (QED) is 0.683. The Hall–Kier alpha value is -1.10. The van der Waals surface area contributed by atoms with E-state index in [0.717, 1.165) is 10.8 Å². The highest BCUT2D eigenvalue weighted by atomic mass is 35.5. The van der Waals surface area contributed by atoms with Gasteiger partial charge in [0.25, 0.3) is 0 Å². The number of halogens is 1. The first-order chi connectivity index (χ1) is 8.31. The van der Waals surface area contributed by atoms with Crippen LogP contribution in [0.4, 0.5) is 0 Å². The fraction of sp³-hybridized carbons (Fsp3) is 0.167. The van der Waals surface area contributed by atoms with Crippen LogP contribution in [0.1, 0.15) is 11.1 Å². The minimum Gasteiger partial charge on any atom is -0.391 e. The molecule has 0 saturated carbocycles. The minimum absolute atomic E-state index is 0.142. The molecule has 0 unspecified atom stereocenters. The molecule has 0 fully saturated rings. The summed E-state index contributed by atoms with van der Waals surface area (Å²) in [4.78, 5) is 7.98. The molecule has 1 N–H and O–H groups in total. The molecule has 0 radical (unpaired) electrons. The van der Waals surface area contributed by atoms with Crippen molar-refractivity contribution in [2.45, 2.75) is 17.4 Å². The normalized spacial score (nSPS) is 10.5. The molecule has 88 valence electrons. The Bertz CT molecular complexity index is 493. The summed E-state index contributed by atoms with van der Waals surface area (Å²) >= 11 is 7.43. The maximum absolute atomic E-state index is 9.22. The van der Waals surface area contributed by atoms with Gasteiger partial charge in [-0.2, -0.15) is 0 Å². The summed E-state index contributed by atoms with van der Waals surface area (Å²) in [6, 6.07) is 10.1. The van der Waals surface area contributed by atoms with Crippen LogP contribution in [-0.4, -0.2) is 15.1 Å². The second-order valence-electron chi connectivity index (χ2n) is 3.38. The third-order valence-corrected chi connectivity index (χ3v) is 3.66. The molecule has 0 aliphatic rings. The first kappa shape index (κ1) is 12.4. The number of nitrogens with zero attached hydrogens (tertiary/aromatic N) is 2. The van der Waals surface area contributed by atoms with Crippen molar-refractivity contribution in [3.05, 3.63) is 52.9 Å². The molecule has 1 aromatic heterocycles. The zero-order valence-electron chi connectivity index (χ0n) is 9.01. The van der Waals surface area contributed by atoms with Crippen LogP contribution in [0.25, 0.3) is 0 Å². The highest BCUT2D eigenvalue weighted by Gasteiger charge is 2.09. The summed E-state index contributed by atoms with van der Waals surface area (Å²) in [5.74, 6) is 0.793. The van der Waals surface area contributed by atoms with E-state index in [0.29, 0.717) is 10.7 Å². The topological polar surface area (TPSA) is 46.0 Å². The first-order valence-corrected chi connectivity index (χ1v) is 6.44. The first-order valence-electron chi connectivity index (χ1n) is 5.08. The molecule has 1 heterocycles. The van der Waals surface area contributed by atoms with Crippen LogP contribution in [0.3, 0.4) is 0 Å². The van der Waals surface area contributed by atoms with Gasteiger partial charge in [-0.3, -0.25) is 0 Å². The van der Waals surface area contributed by atoms with Crippen molar-refractivity contribution >= 4 is 23.4 Å². The van der Waals surface area contributed by atoms with Gasteiger partial charge < -0.3 is 5.11 Å². The van der Waals surface area contributed by atoms with Crippen LogP contribution in [-0.2, 0) is 12.4 Å². The smallest absolute Gasteiger partial charge is 0.139 e. The van der Waals surface area contributed by atoms with Gasteiger partial charge in [0.2, 0.25) is 0 Å². The van der Waals surface area contributed by atoms with Crippen molar-refractivity contribution in [1.82, 2.24) is 9.97 Å². The summed E-state index contributed by atoms with van der Waals surface area (Å²) in [5, 5.41) is 10.3. The van der Waals surface area contributed by atoms with Gasteiger partial charge in [0.1, 0.15) is 16.5 Å². The molecule has 2 rings (SSSR count). The predicted octanol–water partition coefficient (Wildman–Crippen LogP) is 2.91. The van der Waals surface area contributed by atoms with Crippen LogP contribution in [0, 0.1) is 0 Å². The lowest BCUT2D eigenvalue weighted by molar-refractivity contribution is 0.277. The lowest BCUT2D eigenvalue weighted by atomic mass is 10.2. The van der Waals surface area contributed by atoms with E-state index in [4.69, 9.17) is 11.6 Å². The van der Waals surface area contributed by atoms with Crippen molar-refractivity contribution in [1.29, 1.82) is 0 Å². The van der Waals surface area contributed by atoms with Crippen LogP contribution >= 0.6 is 23.4 Å². The second kappa shape index (κ2) is 6.00.